The minimum Gasteiger partial charge on any atom is -0.496 e. The highest BCUT2D eigenvalue weighted by atomic mass is 35.5. The van der Waals surface area contributed by atoms with Crippen molar-refractivity contribution in [1.82, 2.24) is 0 Å². The molecule has 19 heavy (non-hydrogen) atoms. The van der Waals surface area contributed by atoms with Crippen molar-refractivity contribution in [1.29, 1.82) is 0 Å². The summed E-state index contributed by atoms with van der Waals surface area (Å²) < 4.78 is 45.2. The van der Waals surface area contributed by atoms with E-state index in [-0.39, 0.29) is 11.1 Å². The number of benzene rings is 2. The fraction of sp³-hybridized carbons (Fsp3) is 0.143. The maximum atomic E-state index is 13.7. The summed E-state index contributed by atoms with van der Waals surface area (Å²) in [5.74, 6) is -2.27. The highest BCUT2D eigenvalue weighted by Crippen LogP contribution is 2.36. The average Bonchev–Trinajstić information content (AvgIpc) is 2.41. The molecule has 0 radical (unpaired) electrons. The molecule has 0 fully saturated rings. The second kappa shape index (κ2) is 5.53. The van der Waals surface area contributed by atoms with E-state index < -0.39 is 22.8 Å². The fourth-order valence-electron chi connectivity index (χ4n) is 1.79. The van der Waals surface area contributed by atoms with Crippen molar-refractivity contribution in [2.75, 3.05) is 7.11 Å². The molecule has 100 valence electrons. The third-order valence-corrected chi connectivity index (χ3v) is 3.19. The zero-order valence-corrected chi connectivity index (χ0v) is 10.7. The molecular weight excluding hydrogens is 277 g/mol. The first-order valence-electron chi connectivity index (χ1n) is 5.46. The SMILES string of the molecule is COc1ccc(F)cc1C(Cl)c1cccc(F)c1F. The van der Waals surface area contributed by atoms with Crippen molar-refractivity contribution in [3.63, 3.8) is 0 Å². The number of methoxy groups -OCH3 is 1. The van der Waals surface area contributed by atoms with Crippen LogP contribution < -0.4 is 4.74 Å². The van der Waals surface area contributed by atoms with Gasteiger partial charge in [0.2, 0.25) is 0 Å². The zero-order chi connectivity index (χ0) is 14.0. The van der Waals surface area contributed by atoms with E-state index in [1.54, 1.807) is 0 Å². The van der Waals surface area contributed by atoms with Gasteiger partial charge in [-0.25, -0.2) is 13.2 Å². The quantitative estimate of drug-likeness (QED) is 0.758. The Morgan fingerprint density at radius 2 is 1.79 bits per heavy atom. The van der Waals surface area contributed by atoms with Crippen LogP contribution in [0.25, 0.3) is 0 Å². The lowest BCUT2D eigenvalue weighted by Crippen LogP contribution is -2.02. The number of ether oxygens (including phenoxy) is 1. The summed E-state index contributed by atoms with van der Waals surface area (Å²) in [6, 6.07) is 7.41. The van der Waals surface area contributed by atoms with Gasteiger partial charge in [0.1, 0.15) is 11.6 Å². The molecule has 2 aromatic carbocycles. The van der Waals surface area contributed by atoms with E-state index in [0.29, 0.717) is 5.75 Å². The number of alkyl halides is 1. The summed E-state index contributed by atoms with van der Waals surface area (Å²) in [4.78, 5) is 0. The molecule has 2 aromatic rings. The van der Waals surface area contributed by atoms with Crippen LogP contribution in [-0.4, -0.2) is 7.11 Å². The van der Waals surface area contributed by atoms with Crippen LogP contribution in [0.5, 0.6) is 5.75 Å². The molecule has 0 heterocycles. The molecule has 1 atom stereocenters. The van der Waals surface area contributed by atoms with Gasteiger partial charge in [0.25, 0.3) is 0 Å². The minimum absolute atomic E-state index is 0.0643. The summed E-state index contributed by atoms with van der Waals surface area (Å²) in [6.45, 7) is 0. The molecule has 0 spiro atoms. The first-order valence-corrected chi connectivity index (χ1v) is 5.89. The minimum atomic E-state index is -1.05. The summed E-state index contributed by atoms with van der Waals surface area (Å²) >= 11 is 6.11. The first-order chi connectivity index (χ1) is 9.04. The Morgan fingerprint density at radius 1 is 1.05 bits per heavy atom. The summed E-state index contributed by atoms with van der Waals surface area (Å²) in [5, 5.41) is -1.04. The van der Waals surface area contributed by atoms with Gasteiger partial charge in [0.15, 0.2) is 11.6 Å². The van der Waals surface area contributed by atoms with Crippen LogP contribution in [0.4, 0.5) is 13.2 Å². The van der Waals surface area contributed by atoms with Gasteiger partial charge in [0, 0.05) is 11.1 Å². The molecule has 0 aliphatic carbocycles. The van der Waals surface area contributed by atoms with Crippen molar-refractivity contribution >= 4 is 11.6 Å². The number of hydrogen-bond acceptors (Lipinski definition) is 1. The monoisotopic (exact) mass is 286 g/mol. The van der Waals surface area contributed by atoms with Gasteiger partial charge in [-0.1, -0.05) is 12.1 Å². The Kier molecular flexibility index (Phi) is 4.00. The van der Waals surface area contributed by atoms with Crippen LogP contribution in [0.1, 0.15) is 16.5 Å². The molecule has 0 saturated carbocycles. The van der Waals surface area contributed by atoms with E-state index in [1.807, 2.05) is 0 Å². The summed E-state index contributed by atoms with van der Waals surface area (Å²) in [5.41, 5.74) is 0.180. The maximum absolute atomic E-state index is 13.7. The lowest BCUT2D eigenvalue weighted by molar-refractivity contribution is 0.408. The Bertz CT molecular complexity index is 601. The van der Waals surface area contributed by atoms with Crippen LogP contribution >= 0.6 is 11.6 Å². The maximum Gasteiger partial charge on any atom is 0.163 e. The van der Waals surface area contributed by atoms with Crippen molar-refractivity contribution in [3.8, 4) is 5.75 Å². The van der Waals surface area contributed by atoms with Gasteiger partial charge >= 0.3 is 0 Å². The number of hydrogen-bond donors (Lipinski definition) is 0. The zero-order valence-electron chi connectivity index (χ0n) is 9.96. The summed E-state index contributed by atoms with van der Waals surface area (Å²) in [7, 11) is 1.39. The molecule has 1 unspecified atom stereocenters. The second-order valence-electron chi connectivity index (χ2n) is 3.89. The van der Waals surface area contributed by atoms with Crippen molar-refractivity contribution in [2.45, 2.75) is 5.38 Å². The van der Waals surface area contributed by atoms with E-state index >= 15 is 0 Å². The van der Waals surface area contributed by atoms with E-state index in [2.05, 4.69) is 0 Å². The normalized spacial score (nSPS) is 12.3. The molecule has 0 saturated heterocycles. The molecular formula is C14H10ClF3O. The molecule has 0 aromatic heterocycles. The van der Waals surface area contributed by atoms with Gasteiger partial charge in [0.05, 0.1) is 12.5 Å². The molecule has 2 rings (SSSR count). The molecule has 0 N–H and O–H groups in total. The van der Waals surface area contributed by atoms with Crippen LogP contribution in [0.2, 0.25) is 0 Å². The second-order valence-corrected chi connectivity index (χ2v) is 4.33. The van der Waals surface area contributed by atoms with E-state index in [1.165, 1.54) is 31.4 Å². The van der Waals surface area contributed by atoms with E-state index in [0.717, 1.165) is 12.1 Å². The van der Waals surface area contributed by atoms with Crippen molar-refractivity contribution in [2.24, 2.45) is 0 Å². The molecule has 5 heteroatoms. The Hall–Kier alpha value is -1.68. The standard InChI is InChI=1S/C14H10ClF3O/c1-19-12-6-5-8(16)7-10(12)13(15)9-3-2-4-11(17)14(9)18/h2-7,13H,1H3. The van der Waals surface area contributed by atoms with Crippen molar-refractivity contribution < 1.29 is 17.9 Å². The Balaban J connectivity index is 2.52. The van der Waals surface area contributed by atoms with Gasteiger partial charge in [-0.3, -0.25) is 0 Å². The van der Waals surface area contributed by atoms with Crippen molar-refractivity contribution in [3.05, 3.63) is 65.0 Å². The van der Waals surface area contributed by atoms with E-state index in [9.17, 15) is 13.2 Å². The highest BCUT2D eigenvalue weighted by Gasteiger charge is 2.21. The van der Waals surface area contributed by atoms with Gasteiger partial charge in [-0.15, -0.1) is 11.6 Å². The van der Waals surface area contributed by atoms with Gasteiger partial charge in [-0.05, 0) is 24.3 Å². The Labute approximate surface area is 113 Å². The lowest BCUT2D eigenvalue weighted by Gasteiger charge is -2.15. The van der Waals surface area contributed by atoms with E-state index in [4.69, 9.17) is 16.3 Å². The Morgan fingerprint density at radius 3 is 2.47 bits per heavy atom. The molecule has 0 amide bonds. The highest BCUT2D eigenvalue weighted by molar-refractivity contribution is 6.22. The number of halogens is 4. The first kappa shape index (κ1) is 13.7. The topological polar surface area (TPSA) is 9.23 Å². The van der Waals surface area contributed by atoms with Gasteiger partial charge < -0.3 is 4.74 Å². The molecule has 0 aliphatic rings. The fourth-order valence-corrected chi connectivity index (χ4v) is 2.13. The largest absolute Gasteiger partial charge is 0.496 e. The van der Waals surface area contributed by atoms with Crippen LogP contribution in [-0.2, 0) is 0 Å². The van der Waals surface area contributed by atoms with Gasteiger partial charge in [-0.2, -0.15) is 0 Å². The molecule has 1 nitrogen and oxygen atoms in total. The smallest absolute Gasteiger partial charge is 0.163 e. The predicted octanol–water partition coefficient (Wildman–Crippen LogP) is 4.44. The molecule has 0 aliphatic heterocycles. The van der Waals surface area contributed by atoms with Crippen LogP contribution in [0.3, 0.4) is 0 Å². The number of rotatable bonds is 3. The van der Waals surface area contributed by atoms with Crippen LogP contribution in [0.15, 0.2) is 36.4 Å². The lowest BCUT2D eigenvalue weighted by atomic mass is 10.0. The third kappa shape index (κ3) is 2.68. The molecule has 0 bridgehead atoms. The average molecular weight is 287 g/mol. The van der Waals surface area contributed by atoms with Crippen LogP contribution in [0, 0.1) is 17.5 Å². The summed E-state index contributed by atoms with van der Waals surface area (Å²) in [6.07, 6.45) is 0. The predicted molar refractivity (Wildman–Crippen MR) is 67.0 cm³/mol. The third-order valence-electron chi connectivity index (χ3n) is 2.72.